The lowest BCUT2D eigenvalue weighted by molar-refractivity contribution is -0.150. The van der Waals surface area contributed by atoms with Crippen LogP contribution in [0.1, 0.15) is 227 Å². The van der Waals surface area contributed by atoms with Crippen LogP contribution >= 0.6 is 0 Å². The highest BCUT2D eigenvalue weighted by atomic mass is 16.5. The number of hydrogen-bond donors (Lipinski definition) is 4. The van der Waals surface area contributed by atoms with Crippen LogP contribution in [-0.2, 0) is 28.7 Å². The van der Waals surface area contributed by atoms with E-state index < -0.39 is 0 Å². The molecule has 0 aromatic heterocycles. The lowest BCUT2D eigenvalue weighted by atomic mass is 9.94. The van der Waals surface area contributed by atoms with Gasteiger partial charge in [-0.05, 0) is 58.3 Å². The maximum Gasteiger partial charge on any atom is 0.308 e. The molecule has 0 fully saturated rings. The molecule has 0 aromatic rings. The van der Waals surface area contributed by atoms with Gasteiger partial charge in [0.15, 0.2) is 0 Å². The van der Waals surface area contributed by atoms with Crippen molar-refractivity contribution in [3.8, 4) is 0 Å². The molecule has 0 saturated carbocycles. The lowest BCUT2D eigenvalue weighted by Gasteiger charge is -2.16. The van der Waals surface area contributed by atoms with Crippen molar-refractivity contribution in [2.75, 3.05) is 32.8 Å². The number of rotatable bonds is 41. The van der Waals surface area contributed by atoms with E-state index in [1.54, 1.807) is 0 Å². The third kappa shape index (κ3) is 41.4. The number of carbonyl (C=O) groups excluding carboxylic acids is 4. The Morgan fingerprint density at radius 3 is 1.36 bits per heavy atom. The SMILES string of the molecule is C=C(N)NCC.CCCCCCCCC(CCCCCC)C(=O)OCCCCCCCCNC(=O)CNC(=O)CCCCCCCOC(=O)C(CCC)CCCCC. The summed E-state index contributed by atoms with van der Waals surface area (Å²) in [6, 6.07) is 0. The van der Waals surface area contributed by atoms with Gasteiger partial charge < -0.3 is 31.2 Å². The van der Waals surface area contributed by atoms with Gasteiger partial charge in [-0.2, -0.15) is 0 Å². The Kier molecular flexibility index (Phi) is 44.8. The Morgan fingerprint density at radius 2 is 0.879 bits per heavy atom. The zero-order valence-electron chi connectivity index (χ0n) is 38.6. The van der Waals surface area contributed by atoms with Crippen LogP contribution in [0.2, 0.25) is 0 Å². The molecule has 0 aliphatic heterocycles. The number of nitrogens with one attached hydrogen (secondary N) is 3. The molecule has 0 aliphatic carbocycles. The minimum atomic E-state index is -0.142. The highest BCUT2D eigenvalue weighted by molar-refractivity contribution is 5.84. The first-order valence-electron chi connectivity index (χ1n) is 24.2. The van der Waals surface area contributed by atoms with Crippen LogP contribution in [0.4, 0.5) is 0 Å². The van der Waals surface area contributed by atoms with Gasteiger partial charge in [0, 0.05) is 19.5 Å². The van der Waals surface area contributed by atoms with E-state index in [2.05, 4.69) is 50.2 Å². The van der Waals surface area contributed by atoms with Crippen LogP contribution in [0.3, 0.4) is 0 Å². The van der Waals surface area contributed by atoms with E-state index in [4.69, 9.17) is 15.2 Å². The zero-order valence-corrected chi connectivity index (χ0v) is 38.6. The van der Waals surface area contributed by atoms with Crippen LogP contribution in [0.5, 0.6) is 0 Å². The molecule has 10 nitrogen and oxygen atoms in total. The first-order valence-corrected chi connectivity index (χ1v) is 24.2. The van der Waals surface area contributed by atoms with Gasteiger partial charge in [0.05, 0.1) is 37.4 Å². The minimum absolute atomic E-state index is 0.0216. The van der Waals surface area contributed by atoms with Crippen molar-refractivity contribution in [1.82, 2.24) is 16.0 Å². The molecule has 2 amide bonds. The van der Waals surface area contributed by atoms with Gasteiger partial charge in [0.2, 0.25) is 11.8 Å². The molecular weight excluding hydrogens is 729 g/mol. The largest absolute Gasteiger partial charge is 0.465 e. The molecule has 2 atom stereocenters. The Morgan fingerprint density at radius 1 is 0.466 bits per heavy atom. The van der Waals surface area contributed by atoms with Crippen molar-refractivity contribution in [2.45, 2.75) is 227 Å². The van der Waals surface area contributed by atoms with Crippen molar-refractivity contribution in [1.29, 1.82) is 0 Å². The van der Waals surface area contributed by atoms with Crippen LogP contribution in [-0.4, -0.2) is 56.6 Å². The van der Waals surface area contributed by atoms with Crippen LogP contribution < -0.4 is 21.7 Å². The van der Waals surface area contributed by atoms with Crippen LogP contribution in [0.25, 0.3) is 0 Å². The number of hydrogen-bond acceptors (Lipinski definition) is 8. The van der Waals surface area contributed by atoms with E-state index in [0.717, 1.165) is 135 Å². The molecule has 2 unspecified atom stereocenters. The summed E-state index contributed by atoms with van der Waals surface area (Å²) in [6.07, 6.45) is 31.7. The second-order valence-electron chi connectivity index (χ2n) is 16.2. The predicted molar refractivity (Wildman–Crippen MR) is 243 cm³/mol. The van der Waals surface area contributed by atoms with Crippen LogP contribution in [0, 0.1) is 11.8 Å². The maximum atomic E-state index is 12.8. The van der Waals surface area contributed by atoms with Gasteiger partial charge in [-0.1, -0.05) is 169 Å². The normalized spacial score (nSPS) is 11.8. The van der Waals surface area contributed by atoms with Crippen LogP contribution in [0.15, 0.2) is 12.4 Å². The highest BCUT2D eigenvalue weighted by Gasteiger charge is 2.20. The third-order valence-electron chi connectivity index (χ3n) is 10.6. The molecule has 0 rings (SSSR count). The molecule has 0 saturated heterocycles. The molecule has 10 heteroatoms. The summed E-state index contributed by atoms with van der Waals surface area (Å²) >= 11 is 0. The van der Waals surface area contributed by atoms with E-state index in [0.29, 0.717) is 32.0 Å². The summed E-state index contributed by atoms with van der Waals surface area (Å²) in [5.74, 6) is 0.423. The first-order chi connectivity index (χ1) is 28.2. The Hall–Kier alpha value is -2.78. The fraction of sp³-hybridized carbons (Fsp3) is 0.875. The summed E-state index contributed by atoms with van der Waals surface area (Å²) in [4.78, 5) is 49.4. The van der Waals surface area contributed by atoms with E-state index in [1.165, 1.54) is 57.8 Å². The monoisotopic (exact) mass is 823 g/mol. The Balaban J connectivity index is 0. The topological polar surface area (TPSA) is 149 Å². The van der Waals surface area contributed by atoms with Gasteiger partial charge in [0.1, 0.15) is 0 Å². The van der Waals surface area contributed by atoms with Crippen molar-refractivity contribution in [3.05, 3.63) is 12.4 Å². The standard InChI is InChI=1S/C44H84N2O6.C4H10N2/c1-5-9-12-14-18-25-33-40(32-24-13-10-6-2)44(50)52-37-28-21-16-15-20-27-35-45-42(48)38-46-41(47)34-26-19-17-22-29-36-51-43(49)39(30-8-4)31-23-11-7-3;1-3-6-4(2)5/h39-40H,5-38H2,1-4H3,(H,45,48)(H,46,47);6H,2-3,5H2,1H3. The molecule has 0 aliphatic rings. The van der Waals surface area contributed by atoms with Crippen molar-refractivity contribution >= 4 is 23.8 Å². The first kappa shape index (κ1) is 57.3. The average molecular weight is 823 g/mol. The van der Waals surface area contributed by atoms with E-state index in [1.807, 2.05) is 6.92 Å². The fourth-order valence-corrected chi connectivity index (χ4v) is 6.96. The van der Waals surface area contributed by atoms with Crippen molar-refractivity contribution in [2.24, 2.45) is 17.6 Å². The second-order valence-corrected chi connectivity index (χ2v) is 16.2. The number of amides is 2. The molecular formula is C48H94N4O6. The number of nitrogens with two attached hydrogens (primary N) is 1. The molecule has 342 valence electrons. The van der Waals surface area contributed by atoms with Gasteiger partial charge in [-0.25, -0.2) is 0 Å². The summed E-state index contributed by atoms with van der Waals surface area (Å²) in [6.45, 7) is 16.7. The maximum absolute atomic E-state index is 12.8. The summed E-state index contributed by atoms with van der Waals surface area (Å²) in [5.41, 5.74) is 5.10. The van der Waals surface area contributed by atoms with Gasteiger partial charge in [0.25, 0.3) is 0 Å². The molecule has 58 heavy (non-hydrogen) atoms. The van der Waals surface area contributed by atoms with E-state index in [9.17, 15) is 19.2 Å². The van der Waals surface area contributed by atoms with E-state index in [-0.39, 0.29) is 42.1 Å². The summed E-state index contributed by atoms with van der Waals surface area (Å²) in [7, 11) is 0. The quantitative estimate of drug-likeness (QED) is 0.0352. The summed E-state index contributed by atoms with van der Waals surface area (Å²) in [5, 5.41) is 8.43. The van der Waals surface area contributed by atoms with Crippen molar-refractivity contribution < 1.29 is 28.7 Å². The highest BCUT2D eigenvalue weighted by Crippen LogP contribution is 2.21. The molecule has 5 N–H and O–H groups in total. The van der Waals surface area contributed by atoms with E-state index >= 15 is 0 Å². The predicted octanol–water partition coefficient (Wildman–Crippen LogP) is 11.3. The Bertz CT molecular complexity index is 978. The average Bonchev–Trinajstić information content (AvgIpc) is 3.20. The van der Waals surface area contributed by atoms with Gasteiger partial charge >= 0.3 is 11.9 Å². The summed E-state index contributed by atoms with van der Waals surface area (Å²) < 4.78 is 11.3. The number of unbranched alkanes of at least 4 members (excludes halogenated alkanes) is 19. The molecule has 0 radical (unpaired) electrons. The number of carbonyl (C=O) groups is 4. The second kappa shape index (κ2) is 45.3. The molecule has 0 spiro atoms. The third-order valence-corrected chi connectivity index (χ3v) is 10.6. The molecule has 0 bridgehead atoms. The number of esters is 2. The van der Waals surface area contributed by atoms with Gasteiger partial charge in [-0.15, -0.1) is 0 Å². The lowest BCUT2D eigenvalue weighted by Crippen LogP contribution is -2.37. The molecule has 0 aromatic carbocycles. The fourth-order valence-electron chi connectivity index (χ4n) is 6.96. The smallest absolute Gasteiger partial charge is 0.308 e. The Labute approximate surface area is 357 Å². The zero-order chi connectivity index (χ0) is 43.3. The van der Waals surface area contributed by atoms with Gasteiger partial charge in [-0.3, -0.25) is 19.2 Å². The molecule has 0 heterocycles. The number of ether oxygens (including phenoxy) is 2. The van der Waals surface area contributed by atoms with Crippen molar-refractivity contribution in [3.63, 3.8) is 0 Å². The minimum Gasteiger partial charge on any atom is -0.465 e.